The first-order valence-corrected chi connectivity index (χ1v) is 20.2. The van der Waals surface area contributed by atoms with Crippen molar-refractivity contribution >= 4 is 16.9 Å². The zero-order chi connectivity index (χ0) is 42.1. The largest absolute Gasteiger partial charge is 0.497 e. The van der Waals surface area contributed by atoms with Gasteiger partial charge < -0.3 is 45.5 Å². The third kappa shape index (κ3) is 11.0. The van der Waals surface area contributed by atoms with E-state index in [0.717, 1.165) is 47.4 Å². The van der Waals surface area contributed by atoms with Crippen molar-refractivity contribution < 1.29 is 24.5 Å². The summed E-state index contributed by atoms with van der Waals surface area (Å²) in [5.41, 5.74) is 8.63. The van der Waals surface area contributed by atoms with E-state index in [0.29, 0.717) is 49.0 Å². The summed E-state index contributed by atoms with van der Waals surface area (Å²) in [6, 6.07) is 19.1. The summed E-state index contributed by atoms with van der Waals surface area (Å²) in [7, 11) is 11.3. The van der Waals surface area contributed by atoms with Gasteiger partial charge in [-0.2, -0.15) is 0 Å². The van der Waals surface area contributed by atoms with E-state index in [-0.39, 0.29) is 29.6 Å². The summed E-state index contributed by atoms with van der Waals surface area (Å²) >= 11 is 0. The molecule has 6 atom stereocenters. The van der Waals surface area contributed by atoms with E-state index in [1.54, 1.807) is 14.2 Å². The normalized spacial score (nSPS) is 24.5. The predicted octanol–water partition coefficient (Wildman–Crippen LogP) is 5.49. The number of benzene rings is 3. The Labute approximate surface area is 338 Å². The number of aromatic nitrogens is 2. The molecule has 0 saturated heterocycles. The van der Waals surface area contributed by atoms with Crippen LogP contribution in [0.2, 0.25) is 0 Å². The van der Waals surface area contributed by atoms with Gasteiger partial charge in [0, 0.05) is 37.0 Å². The Morgan fingerprint density at radius 2 is 1.35 bits per heavy atom. The molecule has 12 heteroatoms. The maximum atomic E-state index is 13.1. The topological polar surface area (TPSA) is 166 Å². The van der Waals surface area contributed by atoms with Gasteiger partial charge in [0.1, 0.15) is 11.5 Å². The lowest BCUT2D eigenvalue weighted by Gasteiger charge is -2.44. The number of aliphatic hydroxyl groups is 2. The Morgan fingerprint density at radius 3 is 1.88 bits per heavy atom. The van der Waals surface area contributed by atoms with Gasteiger partial charge >= 0.3 is 0 Å². The minimum atomic E-state index is -1.05. The molecule has 1 heterocycles. The van der Waals surface area contributed by atoms with Crippen molar-refractivity contribution in [1.82, 2.24) is 25.1 Å². The number of ether oxygens (including phenoxy) is 2. The molecule has 0 radical (unpaired) electrons. The standard InChI is InChI=1S/C27H34N4O4.C16H26N2O2.C2H6/c1-16-11-22-23(12-17(16)2)30-26(33)24(29-22)25(32)28-20-9-10-27(34,19(13-20)15-31(3)4)18-7-6-8-21(14-18)35-5;1-18(2)11-13-9-14(17)7-8-16(13,19)12-5-4-6-15(10-12)20-3;1-2/h6-8,11-12,14,19-20,34H,9-10,13,15H2,1-5H3,(H,28,32)(H,30,33);4-6,10,13-14,19H,7-9,11,17H2,1-3H3;1-2H3. The first-order chi connectivity index (χ1) is 27.1. The van der Waals surface area contributed by atoms with Gasteiger partial charge in [-0.25, -0.2) is 4.98 Å². The fourth-order valence-corrected chi connectivity index (χ4v) is 8.30. The predicted molar refractivity (Wildman–Crippen MR) is 228 cm³/mol. The first kappa shape index (κ1) is 45.4. The van der Waals surface area contributed by atoms with Crippen LogP contribution in [0.3, 0.4) is 0 Å². The van der Waals surface area contributed by atoms with Crippen LogP contribution in [-0.2, 0) is 11.2 Å². The quantitative estimate of drug-likeness (QED) is 0.139. The third-order valence-corrected chi connectivity index (χ3v) is 11.4. The molecular weight excluding hydrogens is 721 g/mol. The second-order valence-corrected chi connectivity index (χ2v) is 16.1. The van der Waals surface area contributed by atoms with E-state index in [4.69, 9.17) is 15.2 Å². The number of hydrogen-bond acceptors (Lipinski definition) is 10. The number of carbonyl (C=O) groups is 1. The Morgan fingerprint density at radius 1 is 0.842 bits per heavy atom. The molecule has 6 unspecified atom stereocenters. The van der Waals surface area contributed by atoms with Crippen molar-refractivity contribution in [2.45, 2.75) is 89.5 Å². The highest BCUT2D eigenvalue weighted by molar-refractivity contribution is 5.94. The minimum Gasteiger partial charge on any atom is -0.497 e. The van der Waals surface area contributed by atoms with Crippen molar-refractivity contribution in [1.29, 1.82) is 0 Å². The van der Waals surface area contributed by atoms with Gasteiger partial charge in [-0.05, 0) is 139 Å². The molecular formula is C45H66N6O6. The van der Waals surface area contributed by atoms with Crippen LogP contribution in [0, 0.1) is 25.7 Å². The van der Waals surface area contributed by atoms with Crippen LogP contribution in [0.5, 0.6) is 11.5 Å². The van der Waals surface area contributed by atoms with Crippen LogP contribution in [0.4, 0.5) is 0 Å². The molecule has 0 aliphatic heterocycles. The molecule has 2 aliphatic carbocycles. The molecule has 0 bridgehead atoms. The number of aryl methyl sites for hydroxylation is 2. The molecule has 6 N–H and O–H groups in total. The highest BCUT2D eigenvalue weighted by atomic mass is 16.5. The first-order valence-electron chi connectivity index (χ1n) is 20.2. The molecule has 12 nitrogen and oxygen atoms in total. The van der Waals surface area contributed by atoms with Crippen LogP contribution in [0.15, 0.2) is 65.5 Å². The molecule has 57 heavy (non-hydrogen) atoms. The van der Waals surface area contributed by atoms with Crippen LogP contribution >= 0.6 is 0 Å². The molecule has 312 valence electrons. The van der Waals surface area contributed by atoms with E-state index in [1.807, 2.05) is 121 Å². The molecule has 4 aromatic rings. The number of nitrogens with zero attached hydrogens (tertiary/aromatic N) is 3. The summed E-state index contributed by atoms with van der Waals surface area (Å²) in [4.78, 5) is 37.0. The molecule has 2 aliphatic rings. The number of aromatic amines is 1. The van der Waals surface area contributed by atoms with Crippen molar-refractivity contribution in [3.05, 3.63) is 99.0 Å². The number of fused-ring (bicyclic) bond motifs is 1. The van der Waals surface area contributed by atoms with Crippen molar-refractivity contribution in [3.8, 4) is 11.5 Å². The molecule has 1 amide bonds. The van der Waals surface area contributed by atoms with Gasteiger partial charge in [-0.3, -0.25) is 9.59 Å². The Bertz CT molecular complexity index is 2000. The van der Waals surface area contributed by atoms with E-state index in [2.05, 4.69) is 20.2 Å². The number of amides is 1. The summed E-state index contributed by atoms with van der Waals surface area (Å²) < 4.78 is 10.6. The van der Waals surface area contributed by atoms with Crippen LogP contribution in [0.25, 0.3) is 11.0 Å². The average molecular weight is 787 g/mol. The van der Waals surface area contributed by atoms with Crippen LogP contribution in [-0.4, -0.2) is 103 Å². The highest BCUT2D eigenvalue weighted by Crippen LogP contribution is 2.44. The van der Waals surface area contributed by atoms with E-state index >= 15 is 0 Å². The monoisotopic (exact) mass is 787 g/mol. The van der Waals surface area contributed by atoms with Crippen LogP contribution < -0.4 is 26.1 Å². The third-order valence-electron chi connectivity index (χ3n) is 11.4. The number of hydrogen-bond donors (Lipinski definition) is 5. The molecule has 3 aromatic carbocycles. The SMILES string of the molecule is CC.COc1cccc(C2(O)CCC(N)CC2CN(C)C)c1.COc1cccc(C2(O)CCC(NC(=O)c3nc4cc(C)c(C)cc4[nH]c3=O)CC2CN(C)C)c1. The second-order valence-electron chi connectivity index (χ2n) is 16.1. The molecule has 1 aromatic heterocycles. The highest BCUT2D eigenvalue weighted by Gasteiger charge is 2.45. The van der Waals surface area contributed by atoms with E-state index in [9.17, 15) is 19.8 Å². The second kappa shape index (κ2) is 19.9. The number of nitrogens with two attached hydrogens (primary N) is 1. The van der Waals surface area contributed by atoms with Gasteiger partial charge in [0.2, 0.25) is 0 Å². The average Bonchev–Trinajstić information content (AvgIpc) is 3.18. The summed E-state index contributed by atoms with van der Waals surface area (Å²) in [5, 5.41) is 26.0. The van der Waals surface area contributed by atoms with Gasteiger partial charge in [0.15, 0.2) is 5.69 Å². The van der Waals surface area contributed by atoms with Crippen molar-refractivity contribution in [2.24, 2.45) is 17.6 Å². The number of nitrogens with one attached hydrogen (secondary N) is 2. The van der Waals surface area contributed by atoms with Gasteiger partial charge in [0.25, 0.3) is 11.5 Å². The van der Waals surface area contributed by atoms with Gasteiger partial charge in [-0.1, -0.05) is 38.1 Å². The van der Waals surface area contributed by atoms with E-state index < -0.39 is 22.7 Å². The molecule has 2 fully saturated rings. The number of carbonyl (C=O) groups excluding carboxylic acids is 1. The number of methoxy groups -OCH3 is 2. The van der Waals surface area contributed by atoms with Gasteiger partial charge in [-0.15, -0.1) is 0 Å². The smallest absolute Gasteiger partial charge is 0.280 e. The fourth-order valence-electron chi connectivity index (χ4n) is 8.30. The number of H-pyrrole nitrogens is 1. The maximum absolute atomic E-state index is 13.1. The molecule has 2 saturated carbocycles. The van der Waals surface area contributed by atoms with Crippen molar-refractivity contribution in [2.75, 3.05) is 55.5 Å². The maximum Gasteiger partial charge on any atom is 0.280 e. The Kier molecular flexibility index (Phi) is 15.8. The lowest BCUT2D eigenvalue weighted by molar-refractivity contribution is -0.0686. The lowest BCUT2D eigenvalue weighted by atomic mass is 9.69. The summed E-state index contributed by atoms with van der Waals surface area (Å²) in [6.07, 6.45) is 4.04. The van der Waals surface area contributed by atoms with Crippen LogP contribution in [0.1, 0.15) is 85.1 Å². The zero-order valence-corrected chi connectivity index (χ0v) is 35.7. The molecule has 0 spiro atoms. The Hall–Kier alpha value is -4.33. The zero-order valence-electron chi connectivity index (χ0n) is 35.7. The lowest BCUT2D eigenvalue weighted by Crippen LogP contribution is -2.51. The number of rotatable bonds is 10. The summed E-state index contributed by atoms with van der Waals surface area (Å²) in [6.45, 7) is 9.42. The fraction of sp³-hybridized carbons (Fsp3) is 0.533. The van der Waals surface area contributed by atoms with E-state index in [1.165, 1.54) is 0 Å². The summed E-state index contributed by atoms with van der Waals surface area (Å²) in [5.74, 6) is 1.01. The Balaban J connectivity index is 0.000000278. The minimum absolute atomic E-state index is 0.128. The van der Waals surface area contributed by atoms with Gasteiger partial charge in [0.05, 0.1) is 36.5 Å². The molecule has 6 rings (SSSR count). The van der Waals surface area contributed by atoms with Crippen molar-refractivity contribution in [3.63, 3.8) is 0 Å².